The summed E-state index contributed by atoms with van der Waals surface area (Å²) < 4.78 is 18.5. The van der Waals surface area contributed by atoms with Crippen LogP contribution in [0.1, 0.15) is 10.4 Å². The molecule has 106 valence electrons. The SMILES string of the molecule is COc1ccc(-c2[nH]c3ccc(F)cc3c2C=O)cc1Cl. The second kappa shape index (κ2) is 5.22. The van der Waals surface area contributed by atoms with E-state index in [1.165, 1.54) is 19.2 Å². The third-order valence-electron chi connectivity index (χ3n) is 3.36. The van der Waals surface area contributed by atoms with Crippen molar-refractivity contribution in [2.45, 2.75) is 0 Å². The Kier molecular flexibility index (Phi) is 3.39. The number of nitrogens with one attached hydrogen (secondary N) is 1. The fourth-order valence-electron chi connectivity index (χ4n) is 2.36. The van der Waals surface area contributed by atoms with E-state index >= 15 is 0 Å². The van der Waals surface area contributed by atoms with Crippen molar-refractivity contribution in [2.75, 3.05) is 7.11 Å². The van der Waals surface area contributed by atoms with Gasteiger partial charge in [-0.25, -0.2) is 4.39 Å². The molecule has 3 rings (SSSR count). The molecule has 0 bridgehead atoms. The zero-order valence-electron chi connectivity index (χ0n) is 11.1. The monoisotopic (exact) mass is 303 g/mol. The standard InChI is InChI=1S/C16H11ClFNO2/c1-21-15-5-2-9(6-13(15)17)16-12(8-20)11-7-10(18)3-4-14(11)19-16/h2-8,19H,1H3. The van der Waals surface area contributed by atoms with Gasteiger partial charge in [-0.05, 0) is 36.4 Å². The highest BCUT2D eigenvalue weighted by Gasteiger charge is 2.14. The zero-order valence-corrected chi connectivity index (χ0v) is 11.9. The quantitative estimate of drug-likeness (QED) is 0.726. The Labute approximate surface area is 125 Å². The number of benzene rings is 2. The largest absolute Gasteiger partial charge is 0.495 e. The summed E-state index contributed by atoms with van der Waals surface area (Å²) in [6.45, 7) is 0. The van der Waals surface area contributed by atoms with Crippen molar-refractivity contribution in [1.82, 2.24) is 4.98 Å². The molecule has 1 heterocycles. The van der Waals surface area contributed by atoms with Crippen molar-refractivity contribution in [1.29, 1.82) is 0 Å². The first kappa shape index (κ1) is 13.6. The molecule has 0 unspecified atom stereocenters. The normalized spacial score (nSPS) is 10.8. The van der Waals surface area contributed by atoms with E-state index in [9.17, 15) is 9.18 Å². The Balaban J connectivity index is 2.24. The van der Waals surface area contributed by atoms with Gasteiger partial charge in [0.05, 0.1) is 17.8 Å². The van der Waals surface area contributed by atoms with Crippen LogP contribution in [-0.2, 0) is 0 Å². The summed E-state index contributed by atoms with van der Waals surface area (Å²) in [5.74, 6) is 0.166. The number of rotatable bonds is 3. The van der Waals surface area contributed by atoms with E-state index in [1.54, 1.807) is 24.3 Å². The summed E-state index contributed by atoms with van der Waals surface area (Å²) >= 11 is 6.11. The highest BCUT2D eigenvalue weighted by molar-refractivity contribution is 6.32. The maximum atomic E-state index is 13.4. The highest BCUT2D eigenvalue weighted by Crippen LogP contribution is 2.34. The molecule has 1 aromatic heterocycles. The molecule has 0 fully saturated rings. The van der Waals surface area contributed by atoms with E-state index in [-0.39, 0.29) is 5.82 Å². The second-order valence-electron chi connectivity index (χ2n) is 4.57. The number of carbonyl (C=O) groups excluding carboxylic acids is 1. The first-order chi connectivity index (χ1) is 10.1. The average Bonchev–Trinajstić information content (AvgIpc) is 2.84. The van der Waals surface area contributed by atoms with Crippen LogP contribution in [0.4, 0.5) is 4.39 Å². The van der Waals surface area contributed by atoms with Gasteiger partial charge in [-0.3, -0.25) is 4.79 Å². The molecule has 0 amide bonds. The van der Waals surface area contributed by atoms with Crippen LogP contribution in [0.5, 0.6) is 5.75 Å². The number of halogens is 2. The molecule has 0 aliphatic rings. The van der Waals surface area contributed by atoms with Crippen molar-refractivity contribution in [3.63, 3.8) is 0 Å². The van der Waals surface area contributed by atoms with E-state index in [4.69, 9.17) is 16.3 Å². The van der Waals surface area contributed by atoms with E-state index in [1.807, 2.05) is 0 Å². The molecule has 0 spiro atoms. The molecule has 5 heteroatoms. The average molecular weight is 304 g/mol. The third-order valence-corrected chi connectivity index (χ3v) is 3.65. The Morgan fingerprint density at radius 2 is 2.05 bits per heavy atom. The van der Waals surface area contributed by atoms with Gasteiger partial charge in [0.25, 0.3) is 0 Å². The predicted octanol–water partition coefficient (Wildman–Crippen LogP) is 4.45. The van der Waals surface area contributed by atoms with Gasteiger partial charge in [0, 0.05) is 22.0 Å². The Hall–Kier alpha value is -2.33. The van der Waals surface area contributed by atoms with Gasteiger partial charge in [0.2, 0.25) is 0 Å². The first-order valence-corrected chi connectivity index (χ1v) is 6.62. The smallest absolute Gasteiger partial charge is 0.152 e. The van der Waals surface area contributed by atoms with E-state index < -0.39 is 0 Å². The molecule has 0 radical (unpaired) electrons. The number of hydrogen-bond donors (Lipinski definition) is 1. The van der Waals surface area contributed by atoms with Gasteiger partial charge >= 0.3 is 0 Å². The first-order valence-electron chi connectivity index (χ1n) is 6.24. The Morgan fingerprint density at radius 3 is 2.71 bits per heavy atom. The minimum Gasteiger partial charge on any atom is -0.495 e. The molecular formula is C16H11ClFNO2. The number of fused-ring (bicyclic) bond motifs is 1. The summed E-state index contributed by atoms with van der Waals surface area (Å²) in [7, 11) is 1.53. The molecule has 3 aromatic rings. The molecule has 0 aliphatic carbocycles. The summed E-state index contributed by atoms with van der Waals surface area (Å²) in [6.07, 6.45) is 0.714. The van der Waals surface area contributed by atoms with Gasteiger partial charge in [0.15, 0.2) is 6.29 Å². The van der Waals surface area contributed by atoms with E-state index in [0.717, 1.165) is 5.56 Å². The van der Waals surface area contributed by atoms with Crippen LogP contribution < -0.4 is 4.74 Å². The summed E-state index contributed by atoms with van der Waals surface area (Å²) in [4.78, 5) is 14.5. The summed E-state index contributed by atoms with van der Waals surface area (Å²) in [5.41, 5.74) is 2.45. The second-order valence-corrected chi connectivity index (χ2v) is 4.98. The van der Waals surface area contributed by atoms with Crippen molar-refractivity contribution < 1.29 is 13.9 Å². The topological polar surface area (TPSA) is 42.1 Å². The van der Waals surface area contributed by atoms with Gasteiger partial charge in [-0.15, -0.1) is 0 Å². The molecule has 0 saturated carbocycles. The van der Waals surface area contributed by atoms with Gasteiger partial charge in [-0.1, -0.05) is 11.6 Å². The molecule has 21 heavy (non-hydrogen) atoms. The van der Waals surface area contributed by atoms with Gasteiger partial charge in [-0.2, -0.15) is 0 Å². The van der Waals surface area contributed by atoms with E-state index in [0.29, 0.717) is 39.2 Å². The van der Waals surface area contributed by atoms with E-state index in [2.05, 4.69) is 4.98 Å². The number of ether oxygens (including phenoxy) is 1. The predicted molar refractivity (Wildman–Crippen MR) is 80.6 cm³/mol. The van der Waals surface area contributed by atoms with Crippen LogP contribution in [0.3, 0.4) is 0 Å². The minimum absolute atomic E-state index is 0.385. The van der Waals surface area contributed by atoms with Crippen LogP contribution in [0.15, 0.2) is 36.4 Å². The Bertz CT molecular complexity index is 842. The summed E-state index contributed by atoms with van der Waals surface area (Å²) in [5, 5.41) is 0.989. The lowest BCUT2D eigenvalue weighted by molar-refractivity contribution is 0.112. The molecule has 2 aromatic carbocycles. The van der Waals surface area contributed by atoms with Crippen LogP contribution in [0.25, 0.3) is 22.2 Å². The van der Waals surface area contributed by atoms with Crippen molar-refractivity contribution >= 4 is 28.8 Å². The van der Waals surface area contributed by atoms with Gasteiger partial charge < -0.3 is 9.72 Å². The number of H-pyrrole nitrogens is 1. The Morgan fingerprint density at radius 1 is 1.24 bits per heavy atom. The lowest BCUT2D eigenvalue weighted by Crippen LogP contribution is -1.88. The zero-order chi connectivity index (χ0) is 15.0. The van der Waals surface area contributed by atoms with Crippen molar-refractivity contribution in [3.8, 4) is 17.0 Å². The van der Waals surface area contributed by atoms with Crippen LogP contribution in [0, 0.1) is 5.82 Å². The number of aromatic nitrogens is 1. The van der Waals surface area contributed by atoms with Crippen LogP contribution >= 0.6 is 11.6 Å². The van der Waals surface area contributed by atoms with Gasteiger partial charge in [0.1, 0.15) is 11.6 Å². The molecular weight excluding hydrogens is 293 g/mol. The number of methoxy groups -OCH3 is 1. The molecule has 0 aliphatic heterocycles. The maximum absolute atomic E-state index is 13.4. The minimum atomic E-state index is -0.385. The summed E-state index contributed by atoms with van der Waals surface area (Å²) in [6, 6.07) is 9.50. The molecule has 0 atom stereocenters. The number of aldehydes is 1. The fraction of sp³-hybridized carbons (Fsp3) is 0.0625. The molecule has 1 N–H and O–H groups in total. The van der Waals surface area contributed by atoms with Crippen molar-refractivity contribution in [2.24, 2.45) is 0 Å². The lowest BCUT2D eigenvalue weighted by Gasteiger charge is -2.05. The van der Waals surface area contributed by atoms with Crippen LogP contribution in [-0.4, -0.2) is 18.4 Å². The number of aromatic amines is 1. The van der Waals surface area contributed by atoms with Crippen molar-refractivity contribution in [3.05, 3.63) is 52.8 Å². The highest BCUT2D eigenvalue weighted by atomic mass is 35.5. The number of hydrogen-bond acceptors (Lipinski definition) is 2. The van der Waals surface area contributed by atoms with Crippen LogP contribution in [0.2, 0.25) is 5.02 Å². The lowest BCUT2D eigenvalue weighted by atomic mass is 10.1. The fourth-order valence-corrected chi connectivity index (χ4v) is 2.61. The molecule has 0 saturated heterocycles. The third kappa shape index (κ3) is 2.28. The maximum Gasteiger partial charge on any atom is 0.152 e. The molecule has 3 nitrogen and oxygen atoms in total. The number of carbonyl (C=O) groups is 1.